The number of aliphatic carboxylic acids is 2. The molecule has 0 aromatic rings. The van der Waals surface area contributed by atoms with Gasteiger partial charge in [0.15, 0.2) is 29.2 Å². The van der Waals surface area contributed by atoms with E-state index in [1.807, 2.05) is 19.1 Å². The number of aliphatic hydroxyl groups is 2. The molecule has 9 aliphatic rings. The Labute approximate surface area is 358 Å². The van der Waals surface area contributed by atoms with Crippen LogP contribution >= 0.6 is 0 Å². The zero-order valence-electron chi connectivity index (χ0n) is 36.7. The van der Waals surface area contributed by atoms with Crippen LogP contribution in [0.5, 0.6) is 0 Å². The van der Waals surface area contributed by atoms with E-state index in [1.165, 1.54) is 14.2 Å². The van der Waals surface area contributed by atoms with E-state index in [9.17, 15) is 44.4 Å². The number of rotatable bonds is 6. The number of hydrogen-bond donors (Lipinski definition) is 4. The molecule has 13 heteroatoms. The third-order valence-electron chi connectivity index (χ3n) is 18.0. The van der Waals surface area contributed by atoms with E-state index in [4.69, 9.17) is 18.9 Å². The van der Waals surface area contributed by atoms with Gasteiger partial charge < -0.3 is 39.4 Å². The molecule has 13 unspecified atom stereocenters. The molecule has 8 aliphatic carbocycles. The van der Waals surface area contributed by atoms with Crippen LogP contribution in [0.1, 0.15) is 99.3 Å². The van der Waals surface area contributed by atoms with Gasteiger partial charge in [0.05, 0.1) is 18.1 Å². The predicted molar refractivity (Wildman–Crippen MR) is 219 cm³/mol. The lowest BCUT2D eigenvalue weighted by Crippen LogP contribution is -2.62. The highest BCUT2D eigenvalue weighted by atomic mass is 16.8. The first kappa shape index (κ1) is 44.3. The maximum Gasteiger partial charge on any atom is 0.336 e. The van der Waals surface area contributed by atoms with Crippen LogP contribution in [-0.2, 0) is 42.9 Å². The summed E-state index contributed by atoms with van der Waals surface area (Å²) in [5, 5.41) is 42.9. The highest BCUT2D eigenvalue weighted by Gasteiger charge is 2.74. The highest BCUT2D eigenvalue weighted by Crippen LogP contribution is 2.71. The minimum atomic E-state index is -1.12. The molecule has 1 aliphatic heterocycles. The number of carbonyl (C=O) groups excluding carboxylic acids is 3. The van der Waals surface area contributed by atoms with Crippen molar-refractivity contribution in [2.24, 2.45) is 69.0 Å². The second-order valence-corrected chi connectivity index (χ2v) is 21.1. The molecule has 13 nitrogen and oxygen atoms in total. The van der Waals surface area contributed by atoms with Crippen molar-refractivity contribution in [3.05, 3.63) is 47.6 Å². The van der Waals surface area contributed by atoms with Crippen LogP contribution in [0.25, 0.3) is 0 Å². The summed E-state index contributed by atoms with van der Waals surface area (Å²) >= 11 is 0. The fraction of sp³-hybridized carbons (Fsp3) is 0.729. The van der Waals surface area contributed by atoms with Crippen molar-refractivity contribution in [1.29, 1.82) is 0 Å². The monoisotopic (exact) mass is 848 g/mol. The standard InChI is InChI=1S/C24H32O7.C24H32O6/c1-23-8-7-13(25)9-12(23)5-6-14-16-10-15(21(28)29)19(20(27)22(30-3)31-4)24(16,2)11-17(26)18(14)23;1-21(2)29-19(20(27)28)24(30-21)10-8-16-15-6-5-13-11-14(25)7-9-22(13,3)18(15)17(26)12-23(16,24)4/h7-9,14-19,22,26H,5-6,10-11H2,1-4H3,(H,28,29);7,9,11,15-19,26H,5-6,8,10,12H2,1-4H3,(H,27,28)/t14?,15-,16?,17?,18?,19?,23?,24?;15?,16?,17?,18?,19-,22?,23?,24-/m10/s1. The first-order chi connectivity index (χ1) is 28.5. The molecule has 61 heavy (non-hydrogen) atoms. The average molecular weight is 849 g/mol. The Hall–Kier alpha value is -3.33. The third-order valence-corrected chi connectivity index (χ3v) is 18.0. The van der Waals surface area contributed by atoms with Crippen molar-refractivity contribution < 1.29 is 63.3 Å². The van der Waals surface area contributed by atoms with Gasteiger partial charge in [0.25, 0.3) is 0 Å². The van der Waals surface area contributed by atoms with Crippen molar-refractivity contribution in [2.75, 3.05) is 14.2 Å². The fourth-order valence-electron chi connectivity index (χ4n) is 15.7. The number of hydrogen-bond acceptors (Lipinski definition) is 11. The zero-order valence-corrected chi connectivity index (χ0v) is 36.7. The largest absolute Gasteiger partial charge is 0.481 e. The average Bonchev–Trinajstić information content (AvgIpc) is 3.77. The molecule has 1 spiro atoms. The van der Waals surface area contributed by atoms with E-state index in [2.05, 4.69) is 20.8 Å². The number of allylic oxidation sites excluding steroid dienone is 8. The predicted octanol–water partition coefficient (Wildman–Crippen LogP) is 5.62. The Bertz CT molecular complexity index is 2010. The minimum Gasteiger partial charge on any atom is -0.481 e. The number of carboxylic acid groups (broad SMARTS) is 2. The van der Waals surface area contributed by atoms with Gasteiger partial charge in [-0.25, -0.2) is 4.79 Å². The first-order valence-electron chi connectivity index (χ1n) is 22.2. The van der Waals surface area contributed by atoms with E-state index in [0.29, 0.717) is 25.7 Å². The van der Waals surface area contributed by atoms with E-state index < -0.39 is 76.0 Å². The summed E-state index contributed by atoms with van der Waals surface area (Å²) in [7, 11) is 2.74. The van der Waals surface area contributed by atoms with E-state index >= 15 is 0 Å². The van der Waals surface area contributed by atoms with Crippen molar-refractivity contribution in [3.8, 4) is 0 Å². The Morgan fingerprint density at radius 3 is 1.79 bits per heavy atom. The first-order valence-corrected chi connectivity index (χ1v) is 22.2. The number of aliphatic hydroxyl groups excluding tert-OH is 2. The van der Waals surface area contributed by atoms with Crippen LogP contribution in [-0.4, -0.2) is 99.9 Å². The number of ether oxygens (including phenoxy) is 4. The van der Waals surface area contributed by atoms with Crippen LogP contribution in [0.2, 0.25) is 0 Å². The number of carbonyl (C=O) groups is 5. The molecular formula is C48H64O13. The Balaban J connectivity index is 0.000000168. The van der Waals surface area contributed by atoms with Gasteiger partial charge in [0.1, 0.15) is 5.60 Å². The normalized spacial score (nSPS) is 47.5. The van der Waals surface area contributed by atoms with Crippen LogP contribution in [0.15, 0.2) is 47.6 Å². The fourth-order valence-corrected chi connectivity index (χ4v) is 15.7. The maximum absolute atomic E-state index is 13.3. The number of carboxylic acids is 2. The quantitative estimate of drug-likeness (QED) is 0.240. The van der Waals surface area contributed by atoms with Gasteiger partial charge in [-0.2, -0.15) is 0 Å². The Morgan fingerprint density at radius 2 is 1.28 bits per heavy atom. The number of ketones is 3. The van der Waals surface area contributed by atoms with Gasteiger partial charge in [0, 0.05) is 48.2 Å². The third kappa shape index (κ3) is 6.40. The second kappa shape index (κ2) is 14.9. The lowest BCUT2D eigenvalue weighted by Gasteiger charge is -2.60. The molecule has 16 atom stereocenters. The van der Waals surface area contributed by atoms with E-state index in [-0.39, 0.29) is 58.3 Å². The topological polar surface area (TPSA) is 203 Å². The molecule has 9 rings (SSSR count). The van der Waals surface area contributed by atoms with Gasteiger partial charge in [-0.05, 0) is 125 Å². The Morgan fingerprint density at radius 1 is 0.754 bits per heavy atom. The molecule has 4 N–H and O–H groups in total. The smallest absolute Gasteiger partial charge is 0.336 e. The summed E-state index contributed by atoms with van der Waals surface area (Å²) < 4.78 is 22.7. The van der Waals surface area contributed by atoms with Crippen LogP contribution in [0.4, 0.5) is 0 Å². The SMILES string of the molecule is CC1(C)O[C@@H](C(=O)O)[C@]2(CCC3C4CCC5=CC(=O)C=CC5(C)C4C(O)CC32C)O1.COC(OC)C(=O)C1[C@H](C(=O)O)CC2C3CCC4=CC(=O)C=CC4(C)C3C(O)CC21C. The summed E-state index contributed by atoms with van der Waals surface area (Å²) in [5.41, 5.74) is -0.683. The molecule has 1 saturated heterocycles. The molecule has 0 bridgehead atoms. The van der Waals surface area contributed by atoms with Gasteiger partial charge in [-0.1, -0.05) is 51.0 Å². The number of fused-ring (bicyclic) bond motifs is 11. The maximum atomic E-state index is 13.3. The molecule has 0 amide bonds. The molecule has 0 aromatic carbocycles. The van der Waals surface area contributed by atoms with Gasteiger partial charge >= 0.3 is 11.9 Å². The van der Waals surface area contributed by atoms with Crippen LogP contribution in [0, 0.1) is 69.0 Å². The summed E-state index contributed by atoms with van der Waals surface area (Å²) in [6.07, 6.45) is 13.1. The molecule has 7 fully saturated rings. The van der Waals surface area contributed by atoms with Crippen molar-refractivity contribution in [1.82, 2.24) is 0 Å². The summed E-state index contributed by atoms with van der Waals surface area (Å²) in [6.45, 7) is 11.8. The van der Waals surface area contributed by atoms with E-state index in [1.54, 1.807) is 38.2 Å². The number of Topliss-reactive ketones (excluding diaryl/α,β-unsaturated/α-hetero) is 1. The van der Waals surface area contributed by atoms with Crippen molar-refractivity contribution in [3.63, 3.8) is 0 Å². The summed E-state index contributed by atoms with van der Waals surface area (Å²) in [4.78, 5) is 61.6. The zero-order chi connectivity index (χ0) is 44.4. The second-order valence-electron chi connectivity index (χ2n) is 21.1. The van der Waals surface area contributed by atoms with Crippen molar-refractivity contribution in [2.45, 2.75) is 135 Å². The van der Waals surface area contributed by atoms with Gasteiger partial charge in [-0.15, -0.1) is 0 Å². The minimum absolute atomic E-state index is 0.0188. The van der Waals surface area contributed by atoms with Crippen LogP contribution in [0.3, 0.4) is 0 Å². The molecular weight excluding hydrogens is 785 g/mol. The lowest BCUT2D eigenvalue weighted by atomic mass is 9.46. The molecule has 1 heterocycles. The van der Waals surface area contributed by atoms with Crippen LogP contribution < -0.4 is 0 Å². The summed E-state index contributed by atoms with van der Waals surface area (Å²) in [5.74, 6) is -4.48. The van der Waals surface area contributed by atoms with Gasteiger partial charge in [-0.3, -0.25) is 19.2 Å². The summed E-state index contributed by atoms with van der Waals surface area (Å²) in [6, 6.07) is 0. The molecule has 6 saturated carbocycles. The highest BCUT2D eigenvalue weighted by molar-refractivity contribution is 6.01. The molecule has 0 radical (unpaired) electrons. The Kier molecular flexibility index (Phi) is 10.8. The molecule has 334 valence electrons. The van der Waals surface area contributed by atoms with Crippen molar-refractivity contribution >= 4 is 29.3 Å². The lowest BCUT2D eigenvalue weighted by molar-refractivity contribution is -0.210. The van der Waals surface area contributed by atoms with Gasteiger partial charge in [0.2, 0.25) is 6.29 Å². The number of methoxy groups -OCH3 is 2. The molecule has 0 aromatic heterocycles. The van der Waals surface area contributed by atoms with E-state index in [0.717, 1.165) is 43.3 Å².